The molecular weight excluding hydrogens is 242 g/mol. The molecule has 0 aliphatic heterocycles. The van der Waals surface area contributed by atoms with Gasteiger partial charge in [-0.3, -0.25) is 4.79 Å². The average molecular weight is 261 g/mol. The number of carboxylic acids is 1. The fourth-order valence-electron chi connectivity index (χ4n) is 2.06. The van der Waals surface area contributed by atoms with Crippen LogP contribution in [0, 0.1) is 5.92 Å². The number of nitrogens with zero attached hydrogens (tertiary/aromatic N) is 1. The van der Waals surface area contributed by atoms with Crippen LogP contribution in [0.3, 0.4) is 0 Å². The summed E-state index contributed by atoms with van der Waals surface area (Å²) in [6.07, 6.45) is 2.37. The number of rotatable bonds is 5. The van der Waals surface area contributed by atoms with E-state index in [2.05, 4.69) is 0 Å². The molecule has 1 aliphatic carbocycles. The molecule has 0 heterocycles. The largest absolute Gasteiger partial charge is 0.478 e. The van der Waals surface area contributed by atoms with Gasteiger partial charge in [-0.25, -0.2) is 4.79 Å². The number of hydrogen-bond acceptors (Lipinski definition) is 2. The normalized spacial score (nSPS) is 14.5. The van der Waals surface area contributed by atoms with Crippen molar-refractivity contribution in [2.45, 2.75) is 32.7 Å². The zero-order valence-electron chi connectivity index (χ0n) is 11.3. The highest BCUT2D eigenvalue weighted by Crippen LogP contribution is 2.30. The molecule has 1 N–H and O–H groups in total. The maximum absolute atomic E-state index is 12.5. The summed E-state index contributed by atoms with van der Waals surface area (Å²) in [6.45, 7) is 4.75. The quantitative estimate of drug-likeness (QED) is 0.886. The number of amides is 1. The average Bonchev–Trinajstić information content (AvgIpc) is 3.19. The Morgan fingerprint density at radius 3 is 2.47 bits per heavy atom. The van der Waals surface area contributed by atoms with Crippen molar-refractivity contribution in [3.63, 3.8) is 0 Å². The lowest BCUT2D eigenvalue weighted by Crippen LogP contribution is -2.38. The summed E-state index contributed by atoms with van der Waals surface area (Å²) in [5.74, 6) is -0.466. The van der Waals surface area contributed by atoms with Crippen molar-refractivity contribution in [1.82, 2.24) is 4.90 Å². The predicted octanol–water partition coefficient (Wildman–Crippen LogP) is 2.65. The van der Waals surface area contributed by atoms with Gasteiger partial charge in [0.25, 0.3) is 5.91 Å². The molecule has 0 unspecified atom stereocenters. The highest BCUT2D eigenvalue weighted by molar-refractivity contribution is 5.97. The molecule has 0 saturated heterocycles. The predicted molar refractivity (Wildman–Crippen MR) is 72.3 cm³/mol. The molecule has 0 aromatic heterocycles. The van der Waals surface area contributed by atoms with Crippen molar-refractivity contribution in [3.05, 3.63) is 35.4 Å². The van der Waals surface area contributed by atoms with Crippen molar-refractivity contribution >= 4 is 11.9 Å². The summed E-state index contributed by atoms with van der Waals surface area (Å²) in [4.78, 5) is 25.2. The van der Waals surface area contributed by atoms with Crippen molar-refractivity contribution < 1.29 is 14.7 Å². The Hall–Kier alpha value is -1.84. The second kappa shape index (κ2) is 5.43. The zero-order valence-corrected chi connectivity index (χ0v) is 11.3. The van der Waals surface area contributed by atoms with Crippen LogP contribution in [0.1, 0.15) is 47.4 Å². The molecule has 1 fully saturated rings. The van der Waals surface area contributed by atoms with Gasteiger partial charge >= 0.3 is 5.97 Å². The molecule has 1 aromatic rings. The van der Waals surface area contributed by atoms with Crippen molar-refractivity contribution in [3.8, 4) is 0 Å². The van der Waals surface area contributed by atoms with Gasteiger partial charge in [-0.1, -0.05) is 6.07 Å². The van der Waals surface area contributed by atoms with Crippen LogP contribution >= 0.6 is 0 Å². The molecule has 1 aliphatic rings. The minimum absolute atomic E-state index is 0.0787. The summed E-state index contributed by atoms with van der Waals surface area (Å²) < 4.78 is 0. The lowest BCUT2D eigenvalue weighted by Gasteiger charge is -2.27. The molecule has 1 saturated carbocycles. The van der Waals surface area contributed by atoms with Crippen LogP contribution in [0.15, 0.2) is 24.3 Å². The lowest BCUT2D eigenvalue weighted by molar-refractivity contribution is 0.0696. The second-order valence-electron chi connectivity index (χ2n) is 5.38. The third-order valence-corrected chi connectivity index (χ3v) is 3.39. The summed E-state index contributed by atoms with van der Waals surface area (Å²) in [7, 11) is 0. The van der Waals surface area contributed by atoms with Crippen LogP contribution in [0.5, 0.6) is 0 Å². The van der Waals surface area contributed by atoms with Crippen LogP contribution in [-0.4, -0.2) is 34.5 Å². The molecule has 0 radical (unpaired) electrons. The Morgan fingerprint density at radius 2 is 1.95 bits per heavy atom. The number of carboxylic acid groups (broad SMARTS) is 1. The Morgan fingerprint density at radius 1 is 1.32 bits per heavy atom. The van der Waals surface area contributed by atoms with E-state index in [1.54, 1.807) is 12.1 Å². The van der Waals surface area contributed by atoms with Crippen LogP contribution in [0.4, 0.5) is 0 Å². The maximum Gasteiger partial charge on any atom is 0.335 e. The van der Waals surface area contributed by atoms with Crippen molar-refractivity contribution in [2.75, 3.05) is 6.54 Å². The third kappa shape index (κ3) is 3.34. The van der Waals surface area contributed by atoms with Crippen LogP contribution in [-0.2, 0) is 0 Å². The van der Waals surface area contributed by atoms with E-state index in [4.69, 9.17) is 5.11 Å². The Labute approximate surface area is 113 Å². The molecule has 1 amide bonds. The molecule has 1 aromatic carbocycles. The number of hydrogen-bond donors (Lipinski definition) is 1. The molecule has 4 heteroatoms. The molecule has 2 rings (SSSR count). The Kier molecular flexibility index (Phi) is 3.88. The molecule has 4 nitrogen and oxygen atoms in total. The number of aromatic carboxylic acids is 1. The molecule has 102 valence electrons. The second-order valence-corrected chi connectivity index (χ2v) is 5.38. The Bertz CT molecular complexity index is 492. The summed E-state index contributed by atoms with van der Waals surface area (Å²) in [6, 6.07) is 6.37. The van der Waals surface area contributed by atoms with Gasteiger partial charge in [0.15, 0.2) is 0 Å². The first kappa shape index (κ1) is 13.6. The van der Waals surface area contributed by atoms with Gasteiger partial charge in [0.1, 0.15) is 0 Å². The van der Waals surface area contributed by atoms with Gasteiger partial charge in [-0.2, -0.15) is 0 Å². The van der Waals surface area contributed by atoms with E-state index in [9.17, 15) is 9.59 Å². The van der Waals surface area contributed by atoms with E-state index >= 15 is 0 Å². The molecule has 0 atom stereocenters. The fraction of sp³-hybridized carbons (Fsp3) is 0.467. The van der Waals surface area contributed by atoms with Gasteiger partial charge in [-0.05, 0) is 50.8 Å². The summed E-state index contributed by atoms with van der Waals surface area (Å²) in [5, 5.41) is 8.97. The molecule has 0 spiro atoms. The van der Waals surface area contributed by atoms with Gasteiger partial charge in [0.05, 0.1) is 5.56 Å². The number of carbonyl (C=O) groups excluding carboxylic acids is 1. The summed E-state index contributed by atoms with van der Waals surface area (Å²) >= 11 is 0. The number of carbonyl (C=O) groups is 2. The van der Waals surface area contributed by atoms with Gasteiger partial charge < -0.3 is 10.0 Å². The first-order chi connectivity index (χ1) is 8.99. The van der Waals surface area contributed by atoms with Gasteiger partial charge in [0.2, 0.25) is 0 Å². The van der Waals surface area contributed by atoms with E-state index in [1.807, 2.05) is 18.7 Å². The highest BCUT2D eigenvalue weighted by atomic mass is 16.4. The smallest absolute Gasteiger partial charge is 0.335 e. The van der Waals surface area contributed by atoms with Gasteiger partial charge in [0, 0.05) is 18.2 Å². The first-order valence-electron chi connectivity index (χ1n) is 6.63. The minimum Gasteiger partial charge on any atom is -0.478 e. The monoisotopic (exact) mass is 261 g/mol. The molecular formula is C15H19NO3. The standard InChI is InChI=1S/C15H19NO3/c1-10(2)16(9-11-6-7-11)14(17)12-4-3-5-13(8-12)15(18)19/h3-5,8,10-11H,6-7,9H2,1-2H3,(H,18,19). The minimum atomic E-state index is -1.01. The van der Waals surface area contributed by atoms with E-state index in [0.717, 1.165) is 6.54 Å². The van der Waals surface area contributed by atoms with E-state index in [-0.39, 0.29) is 17.5 Å². The molecule has 0 bridgehead atoms. The molecule has 19 heavy (non-hydrogen) atoms. The zero-order chi connectivity index (χ0) is 14.0. The van der Waals surface area contributed by atoms with Crippen molar-refractivity contribution in [1.29, 1.82) is 0 Å². The van der Waals surface area contributed by atoms with E-state index in [0.29, 0.717) is 11.5 Å². The fourth-order valence-corrected chi connectivity index (χ4v) is 2.06. The Balaban J connectivity index is 2.20. The topological polar surface area (TPSA) is 57.6 Å². The van der Waals surface area contributed by atoms with Crippen LogP contribution < -0.4 is 0 Å². The highest BCUT2D eigenvalue weighted by Gasteiger charge is 2.28. The van der Waals surface area contributed by atoms with Gasteiger partial charge in [-0.15, -0.1) is 0 Å². The van der Waals surface area contributed by atoms with Crippen molar-refractivity contribution in [2.24, 2.45) is 5.92 Å². The summed E-state index contributed by atoms with van der Waals surface area (Å²) in [5.41, 5.74) is 0.607. The first-order valence-corrected chi connectivity index (χ1v) is 6.63. The van der Waals surface area contributed by atoms with E-state index in [1.165, 1.54) is 25.0 Å². The number of benzene rings is 1. The van der Waals surface area contributed by atoms with E-state index < -0.39 is 5.97 Å². The maximum atomic E-state index is 12.5. The van der Waals surface area contributed by atoms with Crippen LogP contribution in [0.2, 0.25) is 0 Å². The van der Waals surface area contributed by atoms with Crippen LogP contribution in [0.25, 0.3) is 0 Å². The lowest BCUT2D eigenvalue weighted by atomic mass is 10.1. The third-order valence-electron chi connectivity index (χ3n) is 3.39. The SMILES string of the molecule is CC(C)N(CC1CC1)C(=O)c1cccc(C(=O)O)c1.